The number of ether oxygens (including phenoxy) is 3. The van der Waals surface area contributed by atoms with E-state index in [0.717, 1.165) is 24.2 Å². The number of nitrogens with one attached hydrogen (secondary N) is 2. The van der Waals surface area contributed by atoms with Crippen LogP contribution in [0, 0.1) is 12.8 Å². The highest BCUT2D eigenvalue weighted by Crippen LogP contribution is 2.32. The van der Waals surface area contributed by atoms with Crippen LogP contribution in [-0.4, -0.2) is 49.3 Å². The van der Waals surface area contributed by atoms with E-state index in [1.54, 1.807) is 18.2 Å². The van der Waals surface area contributed by atoms with Crippen molar-refractivity contribution in [3.05, 3.63) is 59.7 Å². The molecule has 2 aromatic carbocycles. The van der Waals surface area contributed by atoms with Crippen molar-refractivity contribution in [2.24, 2.45) is 5.92 Å². The van der Waals surface area contributed by atoms with E-state index in [9.17, 15) is 9.59 Å². The summed E-state index contributed by atoms with van der Waals surface area (Å²) in [6, 6.07) is 14.4. The van der Waals surface area contributed by atoms with Crippen LogP contribution in [0.4, 0.5) is 0 Å². The van der Waals surface area contributed by atoms with Gasteiger partial charge in [0.15, 0.2) is 0 Å². The summed E-state index contributed by atoms with van der Waals surface area (Å²) in [4.78, 5) is 24.9. The van der Waals surface area contributed by atoms with Gasteiger partial charge in [-0.1, -0.05) is 24.3 Å². The van der Waals surface area contributed by atoms with Crippen molar-refractivity contribution in [2.75, 3.05) is 13.2 Å². The van der Waals surface area contributed by atoms with Gasteiger partial charge in [0.05, 0.1) is 25.3 Å². The number of hydrogen-bond acceptors (Lipinski definition) is 5. The van der Waals surface area contributed by atoms with Crippen molar-refractivity contribution in [3.8, 4) is 11.5 Å². The first kappa shape index (κ1) is 20.0. The molecule has 3 aliphatic rings. The Labute approximate surface area is 181 Å². The number of hydrogen-bond donors (Lipinski definition) is 2. The minimum atomic E-state index is -0.264. The van der Waals surface area contributed by atoms with Crippen LogP contribution in [0.3, 0.4) is 0 Å². The molecule has 31 heavy (non-hydrogen) atoms. The number of rotatable bonds is 6. The summed E-state index contributed by atoms with van der Waals surface area (Å²) in [6.07, 6.45) is 1.42. The van der Waals surface area contributed by atoms with E-state index in [4.69, 9.17) is 14.2 Å². The third-order valence-electron chi connectivity index (χ3n) is 6.06. The van der Waals surface area contributed by atoms with Crippen LogP contribution < -0.4 is 15.4 Å². The second kappa shape index (κ2) is 8.32. The summed E-state index contributed by atoms with van der Waals surface area (Å²) in [5.41, 5.74) is 1.53. The van der Waals surface area contributed by atoms with Crippen molar-refractivity contribution in [2.45, 2.75) is 44.1 Å². The van der Waals surface area contributed by atoms with Crippen molar-refractivity contribution in [1.29, 1.82) is 0 Å². The quantitative estimate of drug-likeness (QED) is 0.747. The van der Waals surface area contributed by atoms with Crippen molar-refractivity contribution in [1.82, 2.24) is 10.6 Å². The molecule has 5 rings (SSSR count). The van der Waals surface area contributed by atoms with E-state index >= 15 is 0 Å². The van der Waals surface area contributed by atoms with Crippen LogP contribution in [0.15, 0.2) is 48.5 Å². The van der Waals surface area contributed by atoms with Crippen LogP contribution in [0.5, 0.6) is 11.5 Å². The molecule has 4 atom stereocenters. The van der Waals surface area contributed by atoms with E-state index in [1.165, 1.54) is 0 Å². The molecule has 0 aromatic heterocycles. The summed E-state index contributed by atoms with van der Waals surface area (Å²) < 4.78 is 17.7. The maximum absolute atomic E-state index is 12.9. The van der Waals surface area contributed by atoms with Crippen LogP contribution in [-0.2, 0) is 14.3 Å². The molecule has 2 heterocycles. The first-order valence-corrected chi connectivity index (χ1v) is 10.8. The van der Waals surface area contributed by atoms with Gasteiger partial charge in [-0.15, -0.1) is 0 Å². The van der Waals surface area contributed by atoms with Gasteiger partial charge in [0.2, 0.25) is 5.91 Å². The molecule has 4 unspecified atom stereocenters. The summed E-state index contributed by atoms with van der Waals surface area (Å²) in [5, 5.41) is 6.06. The molecule has 2 amide bonds. The summed E-state index contributed by atoms with van der Waals surface area (Å²) in [7, 11) is 0. The average molecular weight is 422 g/mol. The van der Waals surface area contributed by atoms with Gasteiger partial charge in [-0.25, -0.2) is 0 Å². The highest BCUT2D eigenvalue weighted by Gasteiger charge is 2.49. The maximum atomic E-state index is 12.9. The third kappa shape index (κ3) is 4.29. The number of amides is 2. The molecule has 0 bridgehead atoms. The Morgan fingerprint density at radius 2 is 1.65 bits per heavy atom. The molecule has 2 aromatic rings. The Bertz CT molecular complexity index is 989. The maximum Gasteiger partial charge on any atom is 0.251 e. The molecule has 0 spiro atoms. The number of carbonyl (C=O) groups excluding carboxylic acids is 2. The third-order valence-corrected chi connectivity index (χ3v) is 6.06. The minimum absolute atomic E-state index is 0.0794. The Balaban J connectivity index is 1.21. The predicted molar refractivity (Wildman–Crippen MR) is 113 cm³/mol. The van der Waals surface area contributed by atoms with Crippen molar-refractivity contribution >= 4 is 11.8 Å². The summed E-state index contributed by atoms with van der Waals surface area (Å²) in [5.74, 6) is 1.37. The second-order valence-corrected chi connectivity index (χ2v) is 8.46. The highest BCUT2D eigenvalue weighted by molar-refractivity contribution is 5.94. The standard InChI is InChI=1S/C24H26N2O5/c1-14-5-2-3-8-20(14)31-17-7-4-6-16(11-17)24(28)26-19-13-30-21-18(12-29-22(19)21)25-23(27)15-9-10-15/h2-8,11,15,18-19,21-22H,9-10,12-13H2,1H3,(H,25,27)(H,26,28). The van der Waals surface area contributed by atoms with Gasteiger partial charge >= 0.3 is 0 Å². The lowest BCUT2D eigenvalue weighted by Crippen LogP contribution is -2.47. The molecule has 162 valence electrons. The SMILES string of the molecule is Cc1ccccc1Oc1cccc(C(=O)NC2COC3C(NC(=O)C4CC4)COC23)c1. The first-order valence-electron chi connectivity index (χ1n) is 10.8. The zero-order valence-electron chi connectivity index (χ0n) is 17.4. The normalized spacial score (nSPS) is 26.9. The first-order chi connectivity index (χ1) is 15.1. The largest absolute Gasteiger partial charge is 0.457 e. The lowest BCUT2D eigenvalue weighted by molar-refractivity contribution is -0.123. The second-order valence-electron chi connectivity index (χ2n) is 8.46. The van der Waals surface area contributed by atoms with Crippen molar-refractivity contribution in [3.63, 3.8) is 0 Å². The monoisotopic (exact) mass is 422 g/mol. The van der Waals surface area contributed by atoms with Crippen LogP contribution in [0.1, 0.15) is 28.8 Å². The van der Waals surface area contributed by atoms with Gasteiger partial charge in [0.1, 0.15) is 23.7 Å². The van der Waals surface area contributed by atoms with E-state index in [0.29, 0.717) is 24.5 Å². The van der Waals surface area contributed by atoms with Gasteiger partial charge < -0.3 is 24.8 Å². The number of carbonyl (C=O) groups is 2. The summed E-state index contributed by atoms with van der Waals surface area (Å²) >= 11 is 0. The summed E-state index contributed by atoms with van der Waals surface area (Å²) in [6.45, 7) is 2.74. The molecule has 7 nitrogen and oxygen atoms in total. The zero-order valence-corrected chi connectivity index (χ0v) is 17.4. The molecule has 2 N–H and O–H groups in total. The van der Waals surface area contributed by atoms with Crippen LogP contribution in [0.25, 0.3) is 0 Å². The predicted octanol–water partition coefficient (Wildman–Crippen LogP) is 2.58. The molecule has 2 aliphatic heterocycles. The Morgan fingerprint density at radius 1 is 0.935 bits per heavy atom. The number of fused-ring (bicyclic) bond motifs is 1. The molecule has 3 fully saturated rings. The Morgan fingerprint density at radius 3 is 2.35 bits per heavy atom. The Hall–Kier alpha value is -2.90. The van der Waals surface area contributed by atoms with Gasteiger partial charge in [0, 0.05) is 11.5 Å². The molecule has 1 aliphatic carbocycles. The van der Waals surface area contributed by atoms with Crippen molar-refractivity contribution < 1.29 is 23.8 Å². The van der Waals surface area contributed by atoms with E-state index < -0.39 is 0 Å². The minimum Gasteiger partial charge on any atom is -0.457 e. The van der Waals surface area contributed by atoms with Gasteiger partial charge in [0.25, 0.3) is 5.91 Å². The smallest absolute Gasteiger partial charge is 0.251 e. The molecular formula is C24H26N2O5. The Kier molecular flexibility index (Phi) is 5.38. The zero-order chi connectivity index (χ0) is 21.4. The fraction of sp³-hybridized carbons (Fsp3) is 0.417. The van der Waals surface area contributed by atoms with Gasteiger partial charge in [-0.3, -0.25) is 9.59 Å². The number of aryl methyl sites for hydroxylation is 1. The van der Waals surface area contributed by atoms with E-state index in [1.807, 2.05) is 37.3 Å². The highest BCUT2D eigenvalue weighted by atomic mass is 16.6. The molecular weight excluding hydrogens is 396 g/mol. The fourth-order valence-corrected chi connectivity index (χ4v) is 4.14. The van der Waals surface area contributed by atoms with E-state index in [2.05, 4.69) is 10.6 Å². The van der Waals surface area contributed by atoms with Crippen LogP contribution in [0.2, 0.25) is 0 Å². The van der Waals surface area contributed by atoms with Crippen LogP contribution >= 0.6 is 0 Å². The van der Waals surface area contributed by atoms with Gasteiger partial charge in [-0.2, -0.15) is 0 Å². The fourth-order valence-electron chi connectivity index (χ4n) is 4.14. The molecule has 7 heteroatoms. The molecule has 1 saturated carbocycles. The molecule has 0 radical (unpaired) electrons. The number of para-hydroxylation sites is 1. The van der Waals surface area contributed by atoms with Gasteiger partial charge in [-0.05, 0) is 49.6 Å². The number of benzene rings is 2. The lowest BCUT2D eigenvalue weighted by Gasteiger charge is -2.18. The lowest BCUT2D eigenvalue weighted by atomic mass is 10.1. The topological polar surface area (TPSA) is 85.9 Å². The molecule has 2 saturated heterocycles. The van der Waals surface area contributed by atoms with E-state index in [-0.39, 0.29) is 42.0 Å². The average Bonchev–Trinajstić information content (AvgIpc) is 3.45.